The fourth-order valence-corrected chi connectivity index (χ4v) is 1.13. The average Bonchev–Trinajstić information content (AvgIpc) is 1.99. The van der Waals surface area contributed by atoms with E-state index in [9.17, 15) is 9.00 Å². The van der Waals surface area contributed by atoms with Crippen LogP contribution in [0.4, 0.5) is 4.79 Å². The Kier molecular flexibility index (Phi) is 5.27. The maximum Gasteiger partial charge on any atom is 0.433 e. The first kappa shape index (κ1) is 11.1. The predicted molar refractivity (Wildman–Crippen MR) is 47.6 cm³/mol. The molecule has 6 heteroatoms. The van der Waals surface area contributed by atoms with E-state index in [4.69, 9.17) is 0 Å². The van der Waals surface area contributed by atoms with Crippen LogP contribution in [-0.2, 0) is 15.6 Å². The first-order valence-corrected chi connectivity index (χ1v) is 5.01. The van der Waals surface area contributed by atoms with Gasteiger partial charge >= 0.3 is 6.09 Å². The summed E-state index contributed by atoms with van der Waals surface area (Å²) in [7, 11) is 0.481. The van der Waals surface area contributed by atoms with Gasteiger partial charge in [0, 0.05) is 24.1 Å². The summed E-state index contributed by atoms with van der Waals surface area (Å²) in [5.41, 5.74) is 0.527. The third-order valence-corrected chi connectivity index (χ3v) is 1.72. The van der Waals surface area contributed by atoms with Crippen LogP contribution in [0.25, 0.3) is 0 Å². The molecule has 1 atom stereocenters. The van der Waals surface area contributed by atoms with Crippen molar-refractivity contribution in [1.82, 2.24) is 5.32 Å². The van der Waals surface area contributed by atoms with Gasteiger partial charge in [-0.3, -0.25) is 9.05 Å². The zero-order valence-electron chi connectivity index (χ0n) is 7.29. The maximum atomic E-state index is 10.6. The molecule has 0 spiro atoms. The monoisotopic (exact) mass is 192 g/mol. The number of carbonyl (C=O) groups is 1. The molecule has 0 aromatic carbocycles. The minimum absolute atomic E-state index is 0.316. The molecule has 0 aliphatic rings. The van der Waals surface area contributed by atoms with Crippen molar-refractivity contribution in [2.24, 2.45) is 5.16 Å². The van der Waals surface area contributed by atoms with Crippen molar-refractivity contribution in [2.75, 3.05) is 19.1 Å². The normalized spacial score (nSPS) is 13.8. The van der Waals surface area contributed by atoms with E-state index < -0.39 is 16.9 Å². The Morgan fingerprint density at radius 1 is 1.67 bits per heavy atom. The fourth-order valence-electron chi connectivity index (χ4n) is 0.486. The van der Waals surface area contributed by atoms with Crippen LogP contribution < -0.4 is 5.32 Å². The fraction of sp³-hybridized carbons (Fsp3) is 0.667. The van der Waals surface area contributed by atoms with Gasteiger partial charge in [-0.1, -0.05) is 5.16 Å². The van der Waals surface area contributed by atoms with E-state index in [1.165, 1.54) is 7.05 Å². The Morgan fingerprint density at radius 2 is 2.25 bits per heavy atom. The summed E-state index contributed by atoms with van der Waals surface area (Å²) in [6.07, 6.45) is 0.926. The molecule has 0 aliphatic heterocycles. The zero-order chi connectivity index (χ0) is 9.56. The number of hydrogen-bond donors (Lipinski definition) is 1. The molecule has 0 radical (unpaired) electrons. The lowest BCUT2D eigenvalue weighted by Crippen LogP contribution is -2.18. The minimum Gasteiger partial charge on any atom is -0.323 e. The van der Waals surface area contributed by atoms with E-state index in [1.54, 1.807) is 13.2 Å². The van der Waals surface area contributed by atoms with Crippen molar-refractivity contribution in [1.29, 1.82) is 0 Å². The summed E-state index contributed by atoms with van der Waals surface area (Å²) < 4.78 is 10.6. The average molecular weight is 192 g/mol. The molecule has 0 bridgehead atoms. The van der Waals surface area contributed by atoms with Crippen molar-refractivity contribution >= 4 is 22.6 Å². The van der Waals surface area contributed by atoms with Crippen molar-refractivity contribution in [3.05, 3.63) is 0 Å². The molecule has 1 unspecified atom stereocenters. The van der Waals surface area contributed by atoms with Gasteiger partial charge in [0.25, 0.3) is 0 Å². The SMILES string of the molecule is CNC(=O)ON=C(C)CS(C)=O. The Morgan fingerprint density at radius 3 is 2.67 bits per heavy atom. The van der Waals surface area contributed by atoms with Crippen LogP contribution >= 0.6 is 0 Å². The van der Waals surface area contributed by atoms with Gasteiger partial charge in [0.2, 0.25) is 0 Å². The van der Waals surface area contributed by atoms with Gasteiger partial charge in [-0.2, -0.15) is 0 Å². The van der Waals surface area contributed by atoms with Crippen LogP contribution in [0.5, 0.6) is 0 Å². The molecule has 0 fully saturated rings. The van der Waals surface area contributed by atoms with Crippen LogP contribution in [0, 0.1) is 0 Å². The summed E-state index contributed by atoms with van der Waals surface area (Å²) in [4.78, 5) is 14.8. The maximum absolute atomic E-state index is 10.6. The first-order chi connectivity index (χ1) is 5.56. The summed E-state index contributed by atoms with van der Waals surface area (Å²) in [5, 5.41) is 5.68. The van der Waals surface area contributed by atoms with E-state index in [2.05, 4.69) is 15.3 Å². The molecule has 5 nitrogen and oxygen atoms in total. The van der Waals surface area contributed by atoms with Gasteiger partial charge in [0.1, 0.15) is 0 Å². The number of nitrogens with one attached hydrogen (secondary N) is 1. The van der Waals surface area contributed by atoms with Crippen LogP contribution in [0.1, 0.15) is 6.92 Å². The number of amides is 1. The smallest absolute Gasteiger partial charge is 0.323 e. The van der Waals surface area contributed by atoms with Crippen LogP contribution in [0.15, 0.2) is 5.16 Å². The van der Waals surface area contributed by atoms with Crippen LogP contribution in [0.3, 0.4) is 0 Å². The van der Waals surface area contributed by atoms with E-state index in [0.717, 1.165) is 0 Å². The Hall–Kier alpha value is -0.910. The highest BCUT2D eigenvalue weighted by molar-refractivity contribution is 7.85. The third kappa shape index (κ3) is 5.84. The number of hydrogen-bond acceptors (Lipinski definition) is 4. The topological polar surface area (TPSA) is 67.8 Å². The molecule has 1 N–H and O–H groups in total. The number of rotatable bonds is 3. The molecule has 0 aromatic rings. The van der Waals surface area contributed by atoms with Gasteiger partial charge in [0.15, 0.2) is 0 Å². The quantitative estimate of drug-likeness (QED) is 0.391. The highest BCUT2D eigenvalue weighted by Crippen LogP contribution is 1.85. The second-order valence-corrected chi connectivity index (χ2v) is 3.61. The highest BCUT2D eigenvalue weighted by atomic mass is 32.2. The molecule has 0 rings (SSSR count). The van der Waals surface area contributed by atoms with Crippen molar-refractivity contribution < 1.29 is 13.8 Å². The molecule has 12 heavy (non-hydrogen) atoms. The summed E-state index contributed by atoms with van der Waals surface area (Å²) in [6.45, 7) is 1.64. The van der Waals surface area contributed by atoms with E-state index in [-0.39, 0.29) is 0 Å². The molecule has 1 amide bonds. The number of carbonyl (C=O) groups excluding carboxylic acids is 1. The predicted octanol–water partition coefficient (Wildman–Crippen LogP) is 0.0968. The van der Waals surface area contributed by atoms with Gasteiger partial charge in [-0.25, -0.2) is 4.79 Å². The minimum atomic E-state index is -0.955. The lowest BCUT2D eigenvalue weighted by Gasteiger charge is -1.97. The zero-order valence-corrected chi connectivity index (χ0v) is 8.10. The van der Waals surface area contributed by atoms with Crippen LogP contribution in [0.2, 0.25) is 0 Å². The first-order valence-electron chi connectivity index (χ1n) is 3.28. The summed E-state index contributed by atoms with van der Waals surface area (Å²) >= 11 is 0. The highest BCUT2D eigenvalue weighted by Gasteiger charge is 1.98. The molecule has 0 saturated carbocycles. The summed E-state index contributed by atoms with van der Waals surface area (Å²) in [5.74, 6) is 0.316. The standard InChI is InChI=1S/C6H12N2O3S/c1-5(4-12(3)10)8-11-6(9)7-2/h4H2,1-3H3,(H,7,9). The Bertz CT molecular complexity index is 215. The van der Waals surface area contributed by atoms with Gasteiger partial charge in [-0.05, 0) is 6.92 Å². The Labute approximate surface area is 73.6 Å². The lowest BCUT2D eigenvalue weighted by molar-refractivity contribution is 0.153. The summed E-state index contributed by atoms with van der Waals surface area (Å²) in [6, 6.07) is 0. The van der Waals surface area contributed by atoms with E-state index in [0.29, 0.717) is 11.5 Å². The largest absolute Gasteiger partial charge is 0.433 e. The third-order valence-electron chi connectivity index (χ3n) is 0.901. The van der Waals surface area contributed by atoms with E-state index in [1.807, 2.05) is 0 Å². The molecule has 0 heterocycles. The van der Waals surface area contributed by atoms with Gasteiger partial charge < -0.3 is 5.32 Å². The van der Waals surface area contributed by atoms with Gasteiger partial charge in [0.05, 0.1) is 11.5 Å². The van der Waals surface area contributed by atoms with Crippen LogP contribution in [-0.4, -0.2) is 35.1 Å². The molecular formula is C6H12N2O3S. The second kappa shape index (κ2) is 5.70. The second-order valence-electron chi connectivity index (χ2n) is 2.17. The van der Waals surface area contributed by atoms with Crippen molar-refractivity contribution in [3.8, 4) is 0 Å². The molecule has 0 aliphatic carbocycles. The lowest BCUT2D eigenvalue weighted by atomic mass is 10.5. The molecular weight excluding hydrogens is 180 g/mol. The molecule has 0 aromatic heterocycles. The van der Waals surface area contributed by atoms with Crippen molar-refractivity contribution in [3.63, 3.8) is 0 Å². The molecule has 0 saturated heterocycles. The number of nitrogens with zero attached hydrogens (tertiary/aromatic N) is 1. The Balaban J connectivity index is 3.84. The van der Waals surface area contributed by atoms with E-state index >= 15 is 0 Å². The van der Waals surface area contributed by atoms with Crippen molar-refractivity contribution in [2.45, 2.75) is 6.92 Å². The van der Waals surface area contributed by atoms with Gasteiger partial charge in [-0.15, -0.1) is 0 Å². The molecule has 70 valence electrons. The number of oxime groups is 1.